The van der Waals surface area contributed by atoms with Gasteiger partial charge in [-0.15, -0.1) is 11.3 Å². The summed E-state index contributed by atoms with van der Waals surface area (Å²) >= 11 is 1.76. The Morgan fingerprint density at radius 2 is 2.13 bits per heavy atom. The lowest BCUT2D eigenvalue weighted by Crippen LogP contribution is -2.31. The average molecular weight is 227 g/mol. The second-order valence-corrected chi connectivity index (χ2v) is 5.66. The lowest BCUT2D eigenvalue weighted by Gasteiger charge is -2.31. The van der Waals surface area contributed by atoms with Crippen LogP contribution in [0.3, 0.4) is 0 Å². The zero-order valence-electron chi connectivity index (χ0n) is 10.3. The van der Waals surface area contributed by atoms with E-state index in [-0.39, 0.29) is 5.41 Å². The van der Waals surface area contributed by atoms with Gasteiger partial charge in [-0.1, -0.05) is 27.7 Å². The molecule has 1 aromatic rings. The number of thiophene rings is 1. The Bertz CT molecular complexity index is 301. The molecule has 15 heavy (non-hydrogen) atoms. The van der Waals surface area contributed by atoms with E-state index in [9.17, 15) is 0 Å². The molecular weight excluding hydrogens is 206 g/mol. The van der Waals surface area contributed by atoms with E-state index in [1.165, 1.54) is 4.88 Å². The fourth-order valence-electron chi connectivity index (χ4n) is 1.68. The van der Waals surface area contributed by atoms with Gasteiger partial charge in [0.15, 0.2) is 0 Å². The van der Waals surface area contributed by atoms with Crippen molar-refractivity contribution < 1.29 is 4.74 Å². The fourth-order valence-corrected chi connectivity index (χ4v) is 2.86. The van der Waals surface area contributed by atoms with Crippen LogP contribution in [0.25, 0.3) is 0 Å². The van der Waals surface area contributed by atoms with Gasteiger partial charge in [0.1, 0.15) is 5.75 Å². The molecular formula is C12H21NOS. The van der Waals surface area contributed by atoms with Crippen molar-refractivity contribution in [3.05, 3.63) is 16.3 Å². The SMILES string of the molecule is CCNC(c1sccc1OC)C(C)(C)C. The van der Waals surface area contributed by atoms with Gasteiger partial charge >= 0.3 is 0 Å². The molecule has 1 atom stereocenters. The molecule has 1 rings (SSSR count). The van der Waals surface area contributed by atoms with Crippen molar-refractivity contribution in [3.8, 4) is 5.75 Å². The highest BCUT2D eigenvalue weighted by Gasteiger charge is 2.28. The molecule has 1 N–H and O–H groups in total. The molecule has 86 valence electrons. The van der Waals surface area contributed by atoms with Crippen molar-refractivity contribution in [1.29, 1.82) is 0 Å². The number of nitrogens with one attached hydrogen (secondary N) is 1. The van der Waals surface area contributed by atoms with E-state index in [0.717, 1.165) is 12.3 Å². The standard InChI is InChI=1S/C12H21NOS/c1-6-13-11(12(2,3)4)10-9(14-5)7-8-15-10/h7-8,11,13H,6H2,1-5H3. The summed E-state index contributed by atoms with van der Waals surface area (Å²) in [6.45, 7) is 9.86. The summed E-state index contributed by atoms with van der Waals surface area (Å²) in [6, 6.07) is 2.40. The summed E-state index contributed by atoms with van der Waals surface area (Å²) in [5, 5.41) is 5.62. The molecule has 2 nitrogen and oxygen atoms in total. The smallest absolute Gasteiger partial charge is 0.134 e. The Labute approximate surface area is 96.7 Å². The zero-order chi connectivity index (χ0) is 11.5. The van der Waals surface area contributed by atoms with E-state index in [0.29, 0.717) is 6.04 Å². The highest BCUT2D eigenvalue weighted by molar-refractivity contribution is 7.10. The summed E-state index contributed by atoms with van der Waals surface area (Å²) < 4.78 is 5.38. The first-order valence-corrected chi connectivity index (χ1v) is 6.23. The molecule has 1 aromatic heterocycles. The molecule has 0 saturated heterocycles. The second kappa shape index (κ2) is 4.99. The minimum Gasteiger partial charge on any atom is -0.496 e. The molecule has 0 radical (unpaired) electrons. The molecule has 0 aromatic carbocycles. The maximum absolute atomic E-state index is 5.38. The Hall–Kier alpha value is -0.540. The summed E-state index contributed by atoms with van der Waals surface area (Å²) in [5.74, 6) is 1.00. The molecule has 0 aliphatic rings. The maximum atomic E-state index is 5.38. The Morgan fingerprint density at radius 3 is 2.60 bits per heavy atom. The van der Waals surface area contributed by atoms with Crippen molar-refractivity contribution in [2.45, 2.75) is 33.7 Å². The van der Waals surface area contributed by atoms with Gasteiger partial charge in [0.2, 0.25) is 0 Å². The summed E-state index contributed by atoms with van der Waals surface area (Å²) in [7, 11) is 1.73. The summed E-state index contributed by atoms with van der Waals surface area (Å²) in [4.78, 5) is 1.30. The van der Waals surface area contributed by atoms with Crippen molar-refractivity contribution in [1.82, 2.24) is 5.32 Å². The first-order chi connectivity index (χ1) is 7.00. The van der Waals surface area contributed by atoms with Gasteiger partial charge in [0, 0.05) is 0 Å². The fraction of sp³-hybridized carbons (Fsp3) is 0.667. The average Bonchev–Trinajstić information content (AvgIpc) is 2.59. The first-order valence-electron chi connectivity index (χ1n) is 5.35. The van der Waals surface area contributed by atoms with E-state index in [4.69, 9.17) is 4.74 Å². The number of hydrogen-bond donors (Lipinski definition) is 1. The third-order valence-electron chi connectivity index (χ3n) is 2.41. The Morgan fingerprint density at radius 1 is 1.47 bits per heavy atom. The minimum absolute atomic E-state index is 0.203. The van der Waals surface area contributed by atoms with Crippen molar-refractivity contribution in [3.63, 3.8) is 0 Å². The van der Waals surface area contributed by atoms with E-state index in [1.54, 1.807) is 18.4 Å². The molecule has 0 aliphatic heterocycles. The van der Waals surface area contributed by atoms with Crippen LogP contribution in [0.2, 0.25) is 0 Å². The van der Waals surface area contributed by atoms with Gasteiger partial charge in [-0.25, -0.2) is 0 Å². The lowest BCUT2D eigenvalue weighted by molar-refractivity contribution is 0.273. The first kappa shape index (κ1) is 12.5. The molecule has 0 saturated carbocycles. The number of hydrogen-bond acceptors (Lipinski definition) is 3. The van der Waals surface area contributed by atoms with Crippen LogP contribution < -0.4 is 10.1 Å². The van der Waals surface area contributed by atoms with E-state index >= 15 is 0 Å². The highest BCUT2D eigenvalue weighted by atomic mass is 32.1. The molecule has 1 heterocycles. The van der Waals surface area contributed by atoms with Crippen LogP contribution in [0.4, 0.5) is 0 Å². The van der Waals surface area contributed by atoms with Gasteiger partial charge in [-0.2, -0.15) is 0 Å². The van der Waals surface area contributed by atoms with Crippen LogP contribution in [-0.2, 0) is 0 Å². The molecule has 3 heteroatoms. The maximum Gasteiger partial charge on any atom is 0.134 e. The molecule has 0 bridgehead atoms. The number of rotatable bonds is 4. The van der Waals surface area contributed by atoms with Crippen molar-refractivity contribution in [2.75, 3.05) is 13.7 Å². The topological polar surface area (TPSA) is 21.3 Å². The van der Waals surface area contributed by atoms with Crippen LogP contribution in [0.5, 0.6) is 5.75 Å². The van der Waals surface area contributed by atoms with Crippen LogP contribution in [0.1, 0.15) is 38.6 Å². The van der Waals surface area contributed by atoms with Crippen LogP contribution in [0, 0.1) is 5.41 Å². The quantitative estimate of drug-likeness (QED) is 0.850. The second-order valence-electron chi connectivity index (χ2n) is 4.71. The Kier molecular flexibility index (Phi) is 4.17. The van der Waals surface area contributed by atoms with Crippen LogP contribution >= 0.6 is 11.3 Å². The van der Waals surface area contributed by atoms with Gasteiger partial charge in [0.05, 0.1) is 18.0 Å². The third kappa shape index (κ3) is 2.95. The summed E-state index contributed by atoms with van der Waals surface area (Å²) in [6.07, 6.45) is 0. The van der Waals surface area contributed by atoms with E-state index < -0.39 is 0 Å². The van der Waals surface area contributed by atoms with Gasteiger partial charge < -0.3 is 10.1 Å². The molecule has 0 aliphatic carbocycles. The summed E-state index contributed by atoms with van der Waals surface area (Å²) in [5.41, 5.74) is 0.203. The molecule has 0 fully saturated rings. The Balaban J connectivity index is 2.99. The lowest BCUT2D eigenvalue weighted by atomic mass is 9.85. The van der Waals surface area contributed by atoms with Crippen LogP contribution in [-0.4, -0.2) is 13.7 Å². The number of ether oxygens (including phenoxy) is 1. The normalized spacial score (nSPS) is 13.9. The highest BCUT2D eigenvalue weighted by Crippen LogP contribution is 2.40. The monoisotopic (exact) mass is 227 g/mol. The van der Waals surface area contributed by atoms with Gasteiger partial charge in [-0.05, 0) is 23.4 Å². The molecule has 0 spiro atoms. The van der Waals surface area contributed by atoms with Crippen molar-refractivity contribution in [2.24, 2.45) is 5.41 Å². The zero-order valence-corrected chi connectivity index (χ0v) is 11.1. The van der Waals surface area contributed by atoms with Gasteiger partial charge in [-0.3, -0.25) is 0 Å². The van der Waals surface area contributed by atoms with Gasteiger partial charge in [0.25, 0.3) is 0 Å². The van der Waals surface area contributed by atoms with Crippen molar-refractivity contribution >= 4 is 11.3 Å². The van der Waals surface area contributed by atoms with E-state index in [1.807, 2.05) is 6.07 Å². The minimum atomic E-state index is 0.203. The predicted octanol–water partition coefficient (Wildman–Crippen LogP) is 3.45. The van der Waals surface area contributed by atoms with E-state index in [2.05, 4.69) is 38.4 Å². The number of methoxy groups -OCH3 is 1. The predicted molar refractivity (Wildman–Crippen MR) is 66.7 cm³/mol. The molecule has 0 amide bonds. The largest absolute Gasteiger partial charge is 0.496 e. The molecule has 1 unspecified atom stereocenters. The third-order valence-corrected chi connectivity index (χ3v) is 3.38. The van der Waals surface area contributed by atoms with Crippen LogP contribution in [0.15, 0.2) is 11.4 Å².